The van der Waals surface area contributed by atoms with E-state index in [1.807, 2.05) is 4.90 Å². The molecule has 0 aromatic heterocycles. The Labute approximate surface area is 129 Å². The van der Waals surface area contributed by atoms with Gasteiger partial charge in [-0.25, -0.2) is 4.79 Å². The predicted octanol–water partition coefficient (Wildman–Crippen LogP) is 1.79. The Morgan fingerprint density at radius 2 is 1.82 bits per heavy atom. The lowest BCUT2D eigenvalue weighted by atomic mass is 9.93. The summed E-state index contributed by atoms with van der Waals surface area (Å²) >= 11 is 0. The molecule has 0 saturated carbocycles. The maximum atomic E-state index is 12.4. The predicted molar refractivity (Wildman–Crippen MR) is 80.1 cm³/mol. The number of benzene rings is 1. The second-order valence-electron chi connectivity index (χ2n) is 5.65. The number of carboxylic acid groups (broad SMARTS) is 1. The van der Waals surface area contributed by atoms with E-state index in [1.54, 1.807) is 31.4 Å². The fraction of sp³-hybridized carbons (Fsp3) is 0.500. The molecule has 0 aliphatic carbocycles. The minimum atomic E-state index is -1.03. The van der Waals surface area contributed by atoms with Gasteiger partial charge >= 0.3 is 5.97 Å². The van der Waals surface area contributed by atoms with Gasteiger partial charge in [-0.3, -0.25) is 4.79 Å². The van der Waals surface area contributed by atoms with E-state index in [4.69, 9.17) is 14.6 Å². The first-order chi connectivity index (χ1) is 10.4. The molecule has 0 spiro atoms. The van der Waals surface area contributed by atoms with E-state index in [1.165, 1.54) is 0 Å². The van der Waals surface area contributed by atoms with E-state index in [9.17, 15) is 9.59 Å². The third-order valence-corrected chi connectivity index (χ3v) is 4.06. The molecular weight excluding hydrogens is 286 g/mol. The Kier molecular flexibility index (Phi) is 5.03. The minimum absolute atomic E-state index is 0.0251. The van der Waals surface area contributed by atoms with Crippen molar-refractivity contribution >= 4 is 11.9 Å². The SMILES string of the molecule is COC1(C)CCN(C(=O)c2ccc(OCC(=O)O)cc2)CC1. The molecule has 22 heavy (non-hydrogen) atoms. The van der Waals surface area contributed by atoms with Crippen molar-refractivity contribution in [3.8, 4) is 5.75 Å². The Balaban J connectivity index is 1.94. The average Bonchev–Trinajstić information content (AvgIpc) is 2.53. The summed E-state index contributed by atoms with van der Waals surface area (Å²) in [7, 11) is 1.70. The summed E-state index contributed by atoms with van der Waals surface area (Å²) in [6.07, 6.45) is 1.63. The standard InChI is InChI=1S/C16H21NO5/c1-16(21-2)7-9-17(10-8-16)15(20)12-3-5-13(6-4-12)22-11-14(18)19/h3-6H,7-11H2,1-2H3,(H,18,19). The molecule has 0 bridgehead atoms. The van der Waals surface area contributed by atoms with Crippen molar-refractivity contribution in [1.82, 2.24) is 4.90 Å². The molecule has 0 atom stereocenters. The highest BCUT2D eigenvalue weighted by atomic mass is 16.5. The van der Waals surface area contributed by atoms with Gasteiger partial charge in [0.1, 0.15) is 5.75 Å². The van der Waals surface area contributed by atoms with Crippen LogP contribution in [0.15, 0.2) is 24.3 Å². The highest BCUT2D eigenvalue weighted by molar-refractivity contribution is 5.94. The molecule has 120 valence electrons. The molecule has 1 aliphatic rings. The molecule has 1 N–H and O–H groups in total. The first-order valence-corrected chi connectivity index (χ1v) is 7.23. The third kappa shape index (κ3) is 3.98. The van der Waals surface area contributed by atoms with Gasteiger partial charge in [0.25, 0.3) is 5.91 Å². The molecule has 1 heterocycles. The number of carbonyl (C=O) groups is 2. The number of nitrogens with zero attached hydrogens (tertiary/aromatic N) is 1. The van der Waals surface area contributed by atoms with Gasteiger partial charge in [0.15, 0.2) is 6.61 Å². The van der Waals surface area contributed by atoms with Gasteiger partial charge in [0, 0.05) is 25.8 Å². The molecule has 1 fully saturated rings. The summed E-state index contributed by atoms with van der Waals surface area (Å²) in [5.74, 6) is -0.623. The van der Waals surface area contributed by atoms with Crippen LogP contribution < -0.4 is 4.74 Å². The van der Waals surface area contributed by atoms with Crippen LogP contribution in [0.5, 0.6) is 5.75 Å². The molecule has 0 unspecified atom stereocenters. The first kappa shape index (κ1) is 16.3. The summed E-state index contributed by atoms with van der Waals surface area (Å²) in [6.45, 7) is 3.00. The lowest BCUT2D eigenvalue weighted by molar-refractivity contribution is -0.139. The fourth-order valence-electron chi connectivity index (χ4n) is 2.41. The summed E-state index contributed by atoms with van der Waals surface area (Å²) < 4.78 is 10.5. The Morgan fingerprint density at radius 3 is 2.32 bits per heavy atom. The monoisotopic (exact) mass is 307 g/mol. The summed E-state index contributed by atoms with van der Waals surface area (Å²) in [5, 5.41) is 8.55. The van der Waals surface area contributed by atoms with E-state index < -0.39 is 12.6 Å². The lowest BCUT2D eigenvalue weighted by Crippen LogP contribution is -2.46. The first-order valence-electron chi connectivity index (χ1n) is 7.23. The summed E-state index contributed by atoms with van der Waals surface area (Å²) in [4.78, 5) is 24.7. The Bertz CT molecular complexity index is 532. The molecule has 2 rings (SSSR count). The van der Waals surface area contributed by atoms with Crippen LogP contribution >= 0.6 is 0 Å². The van der Waals surface area contributed by atoms with Crippen LogP contribution in [0.3, 0.4) is 0 Å². The van der Waals surface area contributed by atoms with Crippen LogP contribution in [0, 0.1) is 0 Å². The number of hydrogen-bond acceptors (Lipinski definition) is 4. The number of ether oxygens (including phenoxy) is 2. The topological polar surface area (TPSA) is 76.1 Å². The van der Waals surface area contributed by atoms with E-state index in [2.05, 4.69) is 6.92 Å². The maximum absolute atomic E-state index is 12.4. The normalized spacial score (nSPS) is 17.1. The van der Waals surface area contributed by atoms with Crippen molar-refractivity contribution in [1.29, 1.82) is 0 Å². The molecule has 6 heteroatoms. The number of aliphatic carboxylic acids is 1. The highest BCUT2D eigenvalue weighted by Crippen LogP contribution is 2.26. The van der Waals surface area contributed by atoms with Crippen molar-refractivity contribution in [2.45, 2.75) is 25.4 Å². The van der Waals surface area contributed by atoms with Crippen LogP contribution in [0.4, 0.5) is 0 Å². The molecular formula is C16H21NO5. The largest absolute Gasteiger partial charge is 0.482 e. The van der Waals surface area contributed by atoms with Gasteiger partial charge in [-0.05, 0) is 44.0 Å². The van der Waals surface area contributed by atoms with E-state index in [0.717, 1.165) is 12.8 Å². The van der Waals surface area contributed by atoms with Crippen LogP contribution in [-0.2, 0) is 9.53 Å². The quantitative estimate of drug-likeness (QED) is 0.897. The second kappa shape index (κ2) is 6.79. The van der Waals surface area contributed by atoms with E-state index in [-0.39, 0.29) is 11.5 Å². The molecule has 1 saturated heterocycles. The molecule has 0 radical (unpaired) electrons. The minimum Gasteiger partial charge on any atom is -0.482 e. The van der Waals surface area contributed by atoms with Gasteiger partial charge in [0.05, 0.1) is 5.60 Å². The highest BCUT2D eigenvalue weighted by Gasteiger charge is 2.31. The zero-order chi connectivity index (χ0) is 16.2. The number of methoxy groups -OCH3 is 1. The Hall–Kier alpha value is -2.08. The van der Waals surface area contributed by atoms with Crippen LogP contribution in [0.1, 0.15) is 30.1 Å². The Morgan fingerprint density at radius 1 is 1.23 bits per heavy atom. The number of amides is 1. The number of rotatable bonds is 5. The molecule has 6 nitrogen and oxygen atoms in total. The number of piperidine rings is 1. The van der Waals surface area contributed by atoms with E-state index >= 15 is 0 Å². The maximum Gasteiger partial charge on any atom is 0.341 e. The number of carbonyl (C=O) groups excluding carboxylic acids is 1. The van der Waals surface area contributed by atoms with E-state index in [0.29, 0.717) is 24.4 Å². The fourth-order valence-corrected chi connectivity index (χ4v) is 2.41. The zero-order valence-electron chi connectivity index (χ0n) is 12.9. The van der Waals surface area contributed by atoms with Crippen molar-refractivity contribution in [2.24, 2.45) is 0 Å². The third-order valence-electron chi connectivity index (χ3n) is 4.06. The van der Waals surface area contributed by atoms with Crippen LogP contribution in [-0.4, -0.2) is 54.3 Å². The summed E-state index contributed by atoms with van der Waals surface area (Å²) in [6, 6.07) is 6.53. The van der Waals surface area contributed by atoms with Crippen molar-refractivity contribution < 1.29 is 24.2 Å². The van der Waals surface area contributed by atoms with Crippen molar-refractivity contribution in [2.75, 3.05) is 26.8 Å². The van der Waals surface area contributed by atoms with Crippen molar-refractivity contribution in [3.05, 3.63) is 29.8 Å². The second-order valence-corrected chi connectivity index (χ2v) is 5.65. The average molecular weight is 307 g/mol. The lowest BCUT2D eigenvalue weighted by Gasteiger charge is -2.38. The number of carboxylic acids is 1. The summed E-state index contributed by atoms with van der Waals surface area (Å²) in [5.41, 5.74) is 0.425. The molecule has 1 aromatic carbocycles. The van der Waals surface area contributed by atoms with Crippen LogP contribution in [0.25, 0.3) is 0 Å². The molecule has 1 aromatic rings. The van der Waals surface area contributed by atoms with Crippen LogP contribution in [0.2, 0.25) is 0 Å². The van der Waals surface area contributed by atoms with Gasteiger partial charge in [-0.15, -0.1) is 0 Å². The van der Waals surface area contributed by atoms with Gasteiger partial charge in [0.2, 0.25) is 0 Å². The zero-order valence-corrected chi connectivity index (χ0v) is 12.9. The smallest absolute Gasteiger partial charge is 0.341 e. The van der Waals surface area contributed by atoms with Gasteiger partial charge in [-0.2, -0.15) is 0 Å². The number of hydrogen-bond donors (Lipinski definition) is 1. The molecule has 1 aliphatic heterocycles. The van der Waals surface area contributed by atoms with Gasteiger partial charge in [-0.1, -0.05) is 0 Å². The molecule has 1 amide bonds. The van der Waals surface area contributed by atoms with Gasteiger partial charge < -0.3 is 19.5 Å². The number of likely N-dealkylation sites (tertiary alicyclic amines) is 1. The van der Waals surface area contributed by atoms with Crippen molar-refractivity contribution in [3.63, 3.8) is 0 Å².